The summed E-state index contributed by atoms with van der Waals surface area (Å²) in [5, 5.41) is 3.38. The van der Waals surface area contributed by atoms with Crippen LogP contribution < -0.4 is 15.6 Å². The summed E-state index contributed by atoms with van der Waals surface area (Å²) in [6.07, 6.45) is 0.838. The van der Waals surface area contributed by atoms with Crippen LogP contribution in [0.4, 0.5) is 0 Å². The van der Waals surface area contributed by atoms with E-state index in [4.69, 9.17) is 21.9 Å². The second-order valence-corrected chi connectivity index (χ2v) is 10.4. The first-order valence-electron chi connectivity index (χ1n) is 11.3. The van der Waals surface area contributed by atoms with E-state index in [0.29, 0.717) is 37.5 Å². The minimum atomic E-state index is -0.227. The Bertz CT molecular complexity index is 1460. The van der Waals surface area contributed by atoms with Crippen molar-refractivity contribution in [1.29, 1.82) is 0 Å². The molecule has 0 unspecified atom stereocenters. The summed E-state index contributed by atoms with van der Waals surface area (Å²) in [6, 6.07) is 16.9. The molecule has 35 heavy (non-hydrogen) atoms. The van der Waals surface area contributed by atoms with Gasteiger partial charge in [-0.25, -0.2) is 4.98 Å². The van der Waals surface area contributed by atoms with Crippen LogP contribution in [0.5, 0.6) is 5.75 Å². The van der Waals surface area contributed by atoms with Crippen molar-refractivity contribution in [3.8, 4) is 17.1 Å². The van der Waals surface area contributed by atoms with E-state index >= 15 is 0 Å². The number of ether oxygens (including phenoxy) is 1. The van der Waals surface area contributed by atoms with Gasteiger partial charge in [0.15, 0.2) is 14.8 Å². The molecule has 0 saturated carbocycles. The highest BCUT2D eigenvalue weighted by atomic mass is 32.2. The Morgan fingerprint density at radius 1 is 1.14 bits per heavy atom. The van der Waals surface area contributed by atoms with Crippen LogP contribution in [0.1, 0.15) is 27.2 Å². The van der Waals surface area contributed by atoms with Crippen LogP contribution in [-0.4, -0.2) is 38.4 Å². The molecular formula is C25H26N4O3S3. The normalized spacial score (nSPS) is 12.0. The second kappa shape index (κ2) is 11.2. The molecule has 0 radical (unpaired) electrons. The molecule has 1 atom stereocenters. The minimum absolute atomic E-state index is 0.0757. The lowest BCUT2D eigenvalue weighted by Crippen LogP contribution is -2.33. The van der Waals surface area contributed by atoms with Crippen molar-refractivity contribution in [3.63, 3.8) is 0 Å². The van der Waals surface area contributed by atoms with Gasteiger partial charge in [0, 0.05) is 6.04 Å². The molecule has 0 bridgehead atoms. The van der Waals surface area contributed by atoms with Crippen molar-refractivity contribution in [1.82, 2.24) is 19.4 Å². The van der Waals surface area contributed by atoms with Gasteiger partial charge in [0.2, 0.25) is 5.91 Å². The largest absolute Gasteiger partial charge is 0.492 e. The topological polar surface area (TPSA) is 78.1 Å². The number of thiazole rings is 1. The lowest BCUT2D eigenvalue weighted by molar-refractivity contribution is -0.119. The Hall–Kier alpha value is -2.95. The molecular weight excluding hydrogens is 501 g/mol. The van der Waals surface area contributed by atoms with Gasteiger partial charge in [0.05, 0.1) is 23.7 Å². The molecule has 4 aromatic rings. The van der Waals surface area contributed by atoms with E-state index in [1.807, 2.05) is 75.4 Å². The fraction of sp³-hybridized carbons (Fsp3) is 0.280. The van der Waals surface area contributed by atoms with Crippen LogP contribution in [0.25, 0.3) is 21.7 Å². The maximum atomic E-state index is 13.8. The Labute approximate surface area is 216 Å². The standard InChI is InChI=1S/C25H26N4O3S3/c1-4-16(3)26-20(30)15-34-24-27-22-21(23(31)28(24)17-11-7-6-8-12-17)35-25(33)29(22)18-13-9-10-14-19(18)32-5-2/h6-14,16H,4-5,15H2,1-3H3,(H,26,30)/t16-/m1/s1. The molecule has 2 heterocycles. The third kappa shape index (κ3) is 5.34. The molecule has 7 nitrogen and oxygen atoms in total. The summed E-state index contributed by atoms with van der Waals surface area (Å²) < 4.78 is 10.1. The fourth-order valence-corrected chi connectivity index (χ4v) is 5.62. The average Bonchev–Trinajstić information content (AvgIpc) is 3.19. The zero-order valence-electron chi connectivity index (χ0n) is 19.7. The molecule has 10 heteroatoms. The van der Waals surface area contributed by atoms with Crippen LogP contribution in [0, 0.1) is 3.95 Å². The van der Waals surface area contributed by atoms with Gasteiger partial charge < -0.3 is 10.1 Å². The fourth-order valence-electron chi connectivity index (χ4n) is 3.52. The molecule has 0 aliphatic rings. The SMILES string of the molecule is CCOc1ccccc1-n1c(=S)sc2c(=O)n(-c3ccccc3)c(SCC(=O)N[C@H](C)CC)nc21. The number of rotatable bonds is 9. The van der Waals surface area contributed by atoms with Crippen molar-refractivity contribution in [2.75, 3.05) is 12.4 Å². The van der Waals surface area contributed by atoms with Gasteiger partial charge in [-0.3, -0.25) is 18.7 Å². The molecule has 0 saturated heterocycles. The summed E-state index contributed by atoms with van der Waals surface area (Å²) >= 11 is 8.12. The zero-order valence-corrected chi connectivity index (χ0v) is 22.1. The summed E-state index contributed by atoms with van der Waals surface area (Å²) in [5.41, 5.74) is 1.63. The number of hydrogen-bond donors (Lipinski definition) is 1. The number of thioether (sulfide) groups is 1. The van der Waals surface area contributed by atoms with Gasteiger partial charge in [-0.2, -0.15) is 0 Å². The van der Waals surface area contributed by atoms with Crippen LogP contribution in [0.15, 0.2) is 64.5 Å². The second-order valence-electron chi connectivity index (χ2n) is 7.79. The van der Waals surface area contributed by atoms with Crippen molar-refractivity contribution < 1.29 is 9.53 Å². The van der Waals surface area contributed by atoms with E-state index in [1.165, 1.54) is 23.1 Å². The summed E-state index contributed by atoms with van der Waals surface area (Å²) in [5.74, 6) is 0.680. The Kier molecular flexibility index (Phi) is 8.04. The van der Waals surface area contributed by atoms with E-state index in [-0.39, 0.29) is 23.3 Å². The quantitative estimate of drug-likeness (QED) is 0.179. The first-order valence-corrected chi connectivity index (χ1v) is 13.5. The number of hydrogen-bond acceptors (Lipinski definition) is 7. The Morgan fingerprint density at radius 3 is 2.57 bits per heavy atom. The Balaban J connectivity index is 1.89. The average molecular weight is 527 g/mol. The van der Waals surface area contributed by atoms with Crippen LogP contribution in [-0.2, 0) is 4.79 Å². The Morgan fingerprint density at radius 2 is 1.86 bits per heavy atom. The van der Waals surface area contributed by atoms with Crippen LogP contribution >= 0.6 is 35.3 Å². The lowest BCUT2D eigenvalue weighted by Gasteiger charge is -2.15. The monoisotopic (exact) mass is 526 g/mol. The molecule has 2 aromatic carbocycles. The number of para-hydroxylation sites is 3. The molecule has 4 rings (SSSR count). The number of carbonyl (C=O) groups is 1. The number of amides is 1. The highest BCUT2D eigenvalue weighted by Gasteiger charge is 2.21. The highest BCUT2D eigenvalue weighted by molar-refractivity contribution is 7.99. The first-order chi connectivity index (χ1) is 16.9. The van der Waals surface area contributed by atoms with E-state index in [0.717, 1.165) is 12.1 Å². The predicted molar refractivity (Wildman–Crippen MR) is 145 cm³/mol. The number of nitrogens with zero attached hydrogens (tertiary/aromatic N) is 3. The van der Waals surface area contributed by atoms with Crippen molar-refractivity contribution in [2.24, 2.45) is 0 Å². The van der Waals surface area contributed by atoms with E-state index in [2.05, 4.69) is 5.32 Å². The number of fused-ring (bicyclic) bond motifs is 1. The molecule has 1 N–H and O–H groups in total. The van der Waals surface area contributed by atoms with Crippen LogP contribution in [0.3, 0.4) is 0 Å². The first kappa shape index (κ1) is 25.2. The molecule has 0 aliphatic heterocycles. The maximum Gasteiger partial charge on any atom is 0.278 e. The third-order valence-corrected chi connectivity index (χ3v) is 7.64. The maximum absolute atomic E-state index is 13.8. The van der Waals surface area contributed by atoms with Gasteiger partial charge in [0.25, 0.3) is 5.56 Å². The van der Waals surface area contributed by atoms with Gasteiger partial charge >= 0.3 is 0 Å². The molecule has 2 aromatic heterocycles. The van der Waals surface area contributed by atoms with Crippen molar-refractivity contribution >= 4 is 51.6 Å². The minimum Gasteiger partial charge on any atom is -0.492 e. The molecule has 0 spiro atoms. The van der Waals surface area contributed by atoms with Crippen molar-refractivity contribution in [2.45, 2.75) is 38.4 Å². The number of aromatic nitrogens is 3. The number of benzene rings is 2. The summed E-state index contributed by atoms with van der Waals surface area (Å²) in [7, 11) is 0. The zero-order chi connectivity index (χ0) is 24.9. The third-order valence-electron chi connectivity index (χ3n) is 5.35. The van der Waals surface area contributed by atoms with E-state index in [9.17, 15) is 9.59 Å². The number of nitrogens with one attached hydrogen (secondary N) is 1. The van der Waals surface area contributed by atoms with E-state index < -0.39 is 0 Å². The number of carbonyl (C=O) groups excluding carboxylic acids is 1. The van der Waals surface area contributed by atoms with Crippen molar-refractivity contribution in [3.05, 3.63) is 68.9 Å². The lowest BCUT2D eigenvalue weighted by atomic mass is 10.3. The molecule has 1 amide bonds. The van der Waals surface area contributed by atoms with Gasteiger partial charge in [-0.1, -0.05) is 60.4 Å². The van der Waals surface area contributed by atoms with Gasteiger partial charge in [-0.05, 0) is 56.8 Å². The predicted octanol–water partition coefficient (Wildman–Crippen LogP) is 5.37. The summed E-state index contributed by atoms with van der Waals surface area (Å²) in [6.45, 7) is 6.38. The van der Waals surface area contributed by atoms with Gasteiger partial charge in [0.1, 0.15) is 10.4 Å². The smallest absolute Gasteiger partial charge is 0.278 e. The molecule has 182 valence electrons. The van der Waals surface area contributed by atoms with Crippen LogP contribution in [0.2, 0.25) is 0 Å². The van der Waals surface area contributed by atoms with E-state index in [1.54, 1.807) is 9.13 Å². The molecule has 0 aliphatic carbocycles. The highest BCUT2D eigenvalue weighted by Crippen LogP contribution is 2.31. The summed E-state index contributed by atoms with van der Waals surface area (Å²) in [4.78, 5) is 31.1. The molecule has 0 fully saturated rings. The van der Waals surface area contributed by atoms with Gasteiger partial charge in [-0.15, -0.1) is 0 Å².